The first-order chi connectivity index (χ1) is 16.6. The highest BCUT2D eigenvalue weighted by Crippen LogP contribution is 2.32. The Morgan fingerprint density at radius 1 is 0.486 bits per heavy atom. The second-order valence-corrected chi connectivity index (χ2v) is 8.41. The zero-order valence-corrected chi connectivity index (χ0v) is 18.2. The van der Waals surface area contributed by atoms with Crippen LogP contribution in [0, 0.1) is 0 Å². The molecule has 3 aliphatic heterocycles. The van der Waals surface area contributed by atoms with Crippen molar-refractivity contribution >= 4 is 0 Å². The molecule has 3 aliphatic rings. The molecule has 0 aromatic heterocycles. The summed E-state index contributed by atoms with van der Waals surface area (Å²) in [7, 11) is 0. The summed E-state index contributed by atoms with van der Waals surface area (Å²) in [6.07, 6.45) is -25.3. The van der Waals surface area contributed by atoms with Crippen molar-refractivity contribution in [3.63, 3.8) is 0 Å². The number of rotatable bonds is 8. The maximum atomic E-state index is 10.6. The monoisotopic (exact) mass is 520 g/mol. The second kappa shape index (κ2) is 12.2. The van der Waals surface area contributed by atoms with Crippen LogP contribution in [0.25, 0.3) is 0 Å². The van der Waals surface area contributed by atoms with Crippen molar-refractivity contribution in [2.24, 2.45) is 0 Å². The third kappa shape index (κ3) is 5.76. The first kappa shape index (κ1) is 28.9. The number of hydrogen-bond donors (Lipinski definition) is 11. The lowest BCUT2D eigenvalue weighted by Gasteiger charge is -2.47. The van der Waals surface area contributed by atoms with Crippen molar-refractivity contribution in [3.05, 3.63) is 0 Å². The van der Waals surface area contributed by atoms with Gasteiger partial charge in [-0.15, -0.1) is 0 Å². The molecule has 0 unspecified atom stereocenters. The smallest absolute Gasteiger partial charge is 0.187 e. The molecule has 3 rings (SSSR count). The Labute approximate surface area is 197 Å². The van der Waals surface area contributed by atoms with E-state index in [2.05, 4.69) is 4.89 Å². The van der Waals surface area contributed by atoms with E-state index in [1.807, 2.05) is 0 Å². The highest BCUT2D eigenvalue weighted by molar-refractivity contribution is 4.96. The summed E-state index contributed by atoms with van der Waals surface area (Å²) in [6.45, 7) is -2.37. The molecule has 17 nitrogen and oxygen atoms in total. The van der Waals surface area contributed by atoms with E-state index >= 15 is 0 Å². The predicted molar refractivity (Wildman–Crippen MR) is 103 cm³/mol. The molecule has 35 heavy (non-hydrogen) atoms. The summed E-state index contributed by atoms with van der Waals surface area (Å²) in [6, 6.07) is 0. The number of aliphatic hydroxyl groups excluding tert-OH is 10. The van der Waals surface area contributed by atoms with Gasteiger partial charge in [-0.2, -0.15) is 0 Å². The fraction of sp³-hybridized carbons (Fsp3) is 1.00. The Bertz CT molecular complexity index is 651. The molecule has 3 fully saturated rings. The van der Waals surface area contributed by atoms with Crippen LogP contribution < -0.4 is 0 Å². The first-order valence-corrected chi connectivity index (χ1v) is 10.8. The van der Waals surface area contributed by atoms with Gasteiger partial charge in [-0.25, -0.2) is 4.89 Å². The van der Waals surface area contributed by atoms with E-state index in [0.717, 1.165) is 0 Å². The van der Waals surface area contributed by atoms with Crippen molar-refractivity contribution in [2.45, 2.75) is 92.1 Å². The van der Waals surface area contributed by atoms with Crippen LogP contribution in [0.15, 0.2) is 0 Å². The zero-order chi connectivity index (χ0) is 26.0. The highest BCUT2D eigenvalue weighted by atomic mass is 17.1. The van der Waals surface area contributed by atoms with Crippen LogP contribution in [0.2, 0.25) is 0 Å². The third-order valence-corrected chi connectivity index (χ3v) is 6.18. The van der Waals surface area contributed by atoms with E-state index in [1.165, 1.54) is 0 Å². The maximum Gasteiger partial charge on any atom is 0.187 e. The van der Waals surface area contributed by atoms with Crippen molar-refractivity contribution in [3.8, 4) is 0 Å². The molecule has 0 saturated carbocycles. The lowest BCUT2D eigenvalue weighted by molar-refractivity contribution is -0.398. The minimum absolute atomic E-state index is 0.765. The fourth-order valence-electron chi connectivity index (χ4n) is 4.17. The normalized spacial score (nSPS) is 51.3. The number of ether oxygens (including phenoxy) is 5. The van der Waals surface area contributed by atoms with Gasteiger partial charge >= 0.3 is 0 Å². The Kier molecular flexibility index (Phi) is 10.1. The average Bonchev–Trinajstić information content (AvgIpc) is 2.85. The highest BCUT2D eigenvalue weighted by Gasteiger charge is 2.53. The zero-order valence-electron chi connectivity index (χ0n) is 18.2. The molecule has 15 atom stereocenters. The molecule has 0 aliphatic carbocycles. The Hall–Kier alpha value is -0.680. The second-order valence-electron chi connectivity index (χ2n) is 8.41. The van der Waals surface area contributed by atoms with Gasteiger partial charge in [0, 0.05) is 0 Å². The standard InChI is InChI=1S/C18H32O17/c19-1-4-13(7(22)10(25)16(28)30-4)33-17-11(26)8(23)14(5(2-20)31-17)34-18-12(27)9(24)15(35-29)6(3-21)32-18/h4-29H,1-3H2/t4-,5-,6-,7-,8-,9-,10-,11-,12-,13-,14-,15-,16-,17+,18+/m1/s1. The molecule has 0 amide bonds. The van der Waals surface area contributed by atoms with Gasteiger partial charge in [-0.3, -0.25) is 5.26 Å². The van der Waals surface area contributed by atoms with E-state index in [4.69, 9.17) is 28.9 Å². The van der Waals surface area contributed by atoms with Crippen LogP contribution in [0.1, 0.15) is 0 Å². The molecule has 3 saturated heterocycles. The minimum atomic E-state index is -1.92. The summed E-state index contributed by atoms with van der Waals surface area (Å²) >= 11 is 0. The molecule has 0 radical (unpaired) electrons. The van der Waals surface area contributed by atoms with E-state index in [1.54, 1.807) is 0 Å². The number of aliphatic hydroxyl groups is 10. The summed E-state index contributed by atoms with van der Waals surface area (Å²) < 4.78 is 26.5. The molecule has 0 aromatic carbocycles. The SMILES string of the molecule is OC[C@H]1O[C@@H](O)[C@H](O)[C@@H](O)[C@@H]1O[C@@H]1O[C@H](CO)[C@@H](O[C@@H]2O[C@H](CO)[C@@H](OO)[C@H](O)[C@H]2O)[C@H](O)[C@H]1O. The maximum absolute atomic E-state index is 10.6. The molecule has 0 spiro atoms. The average molecular weight is 520 g/mol. The molecule has 0 bridgehead atoms. The van der Waals surface area contributed by atoms with Gasteiger partial charge in [0.15, 0.2) is 18.9 Å². The van der Waals surface area contributed by atoms with Crippen LogP contribution >= 0.6 is 0 Å². The summed E-state index contributed by atoms with van der Waals surface area (Å²) in [5.41, 5.74) is 0. The van der Waals surface area contributed by atoms with Gasteiger partial charge in [0.25, 0.3) is 0 Å². The topological polar surface area (TPSA) is 278 Å². The van der Waals surface area contributed by atoms with E-state index < -0.39 is 112 Å². The van der Waals surface area contributed by atoms with Crippen molar-refractivity contribution < 1.29 is 84.9 Å². The third-order valence-electron chi connectivity index (χ3n) is 6.18. The predicted octanol–water partition coefficient (Wildman–Crippen LogP) is -7.08. The fourth-order valence-corrected chi connectivity index (χ4v) is 4.17. The first-order valence-electron chi connectivity index (χ1n) is 10.8. The Morgan fingerprint density at radius 2 is 0.857 bits per heavy atom. The Balaban J connectivity index is 1.72. The molecule has 11 N–H and O–H groups in total. The molecule has 3 heterocycles. The lowest BCUT2D eigenvalue weighted by Crippen LogP contribution is -2.66. The van der Waals surface area contributed by atoms with Crippen molar-refractivity contribution in [2.75, 3.05) is 19.8 Å². The number of hydrogen-bond acceptors (Lipinski definition) is 17. The van der Waals surface area contributed by atoms with Gasteiger partial charge in [0.2, 0.25) is 0 Å². The van der Waals surface area contributed by atoms with Gasteiger partial charge < -0.3 is 74.7 Å². The summed E-state index contributed by atoms with van der Waals surface area (Å²) in [4.78, 5) is 4.02. The molecule has 0 aromatic rings. The Morgan fingerprint density at radius 3 is 1.29 bits per heavy atom. The minimum Gasteiger partial charge on any atom is -0.394 e. The quantitative estimate of drug-likeness (QED) is 0.105. The molecule has 17 heteroatoms. The summed E-state index contributed by atoms with van der Waals surface area (Å²) in [5, 5.41) is 109. The lowest BCUT2D eigenvalue weighted by atomic mass is 9.96. The van der Waals surface area contributed by atoms with Crippen LogP contribution in [0.4, 0.5) is 0 Å². The van der Waals surface area contributed by atoms with Crippen LogP contribution in [0.5, 0.6) is 0 Å². The van der Waals surface area contributed by atoms with Gasteiger partial charge in [-0.1, -0.05) is 0 Å². The van der Waals surface area contributed by atoms with E-state index in [9.17, 15) is 51.1 Å². The van der Waals surface area contributed by atoms with Crippen LogP contribution in [0.3, 0.4) is 0 Å². The van der Waals surface area contributed by atoms with Crippen molar-refractivity contribution in [1.82, 2.24) is 0 Å². The van der Waals surface area contributed by atoms with Crippen LogP contribution in [-0.4, -0.2) is 168 Å². The van der Waals surface area contributed by atoms with E-state index in [0.29, 0.717) is 0 Å². The molecular weight excluding hydrogens is 488 g/mol. The van der Waals surface area contributed by atoms with Crippen LogP contribution in [-0.2, 0) is 28.6 Å². The van der Waals surface area contributed by atoms with Gasteiger partial charge in [0.05, 0.1) is 19.8 Å². The molecule has 206 valence electrons. The molecular formula is C18H32O17. The van der Waals surface area contributed by atoms with E-state index in [-0.39, 0.29) is 0 Å². The summed E-state index contributed by atoms with van der Waals surface area (Å²) in [5.74, 6) is 0. The largest absolute Gasteiger partial charge is 0.394 e. The van der Waals surface area contributed by atoms with Gasteiger partial charge in [-0.05, 0) is 0 Å². The van der Waals surface area contributed by atoms with Crippen molar-refractivity contribution in [1.29, 1.82) is 0 Å². The van der Waals surface area contributed by atoms with Gasteiger partial charge in [0.1, 0.15) is 73.2 Å².